The summed E-state index contributed by atoms with van der Waals surface area (Å²) in [5, 5.41) is 0. The summed E-state index contributed by atoms with van der Waals surface area (Å²) >= 11 is 5.70. The second-order valence-corrected chi connectivity index (χ2v) is 9.03. The molecule has 1 fully saturated rings. The van der Waals surface area contributed by atoms with Crippen molar-refractivity contribution >= 4 is 11.6 Å². The highest BCUT2D eigenvalue weighted by Gasteiger charge is 2.29. The Morgan fingerprint density at radius 3 is 1.57 bits per heavy atom. The second-order valence-electron chi connectivity index (χ2n) is 8.65. The minimum Gasteiger partial charge on any atom is -0.127 e. The number of unbranched alkanes of at least 4 members (excludes halogenated alkanes) is 10. The van der Waals surface area contributed by atoms with Crippen molar-refractivity contribution in [3.05, 3.63) is 0 Å². The van der Waals surface area contributed by atoms with E-state index in [1.165, 1.54) is 109 Å². The highest BCUT2D eigenvalue weighted by molar-refractivity contribution is 6.17. The molecule has 0 atom stereocenters. The van der Waals surface area contributed by atoms with Gasteiger partial charge in [0.25, 0.3) is 0 Å². The monoisotopic (exact) mass is 342 g/mol. The highest BCUT2D eigenvalue weighted by atomic mass is 35.5. The molecule has 0 N–H and O–H groups in total. The molecular formula is C22H43Cl. The Kier molecular flexibility index (Phi) is 12.6. The minimum absolute atomic E-state index is 0.601. The van der Waals surface area contributed by atoms with Crippen molar-refractivity contribution in [2.24, 2.45) is 11.3 Å². The van der Waals surface area contributed by atoms with E-state index in [-0.39, 0.29) is 0 Å². The molecule has 1 aliphatic carbocycles. The van der Waals surface area contributed by atoms with Gasteiger partial charge in [0, 0.05) is 5.88 Å². The zero-order valence-corrected chi connectivity index (χ0v) is 16.9. The van der Waals surface area contributed by atoms with Gasteiger partial charge in [-0.1, -0.05) is 97.3 Å². The Bertz CT molecular complexity index is 253. The number of alkyl halides is 1. The molecule has 23 heavy (non-hydrogen) atoms. The summed E-state index contributed by atoms with van der Waals surface area (Å²) in [6.45, 7) is 5.07. The van der Waals surface area contributed by atoms with E-state index in [4.69, 9.17) is 11.6 Å². The lowest BCUT2D eigenvalue weighted by Crippen LogP contribution is -2.26. The van der Waals surface area contributed by atoms with Crippen molar-refractivity contribution in [1.82, 2.24) is 0 Å². The molecule has 0 aromatic carbocycles. The first-order valence-electron chi connectivity index (χ1n) is 10.7. The molecular weight excluding hydrogens is 300 g/mol. The summed E-state index contributed by atoms with van der Waals surface area (Å²) < 4.78 is 0. The van der Waals surface area contributed by atoms with Crippen LogP contribution in [-0.4, -0.2) is 5.88 Å². The van der Waals surface area contributed by atoms with Gasteiger partial charge in [0.15, 0.2) is 0 Å². The van der Waals surface area contributed by atoms with Crippen LogP contribution in [-0.2, 0) is 0 Å². The summed E-state index contributed by atoms with van der Waals surface area (Å²) in [7, 11) is 0. The van der Waals surface area contributed by atoms with E-state index in [0.29, 0.717) is 5.41 Å². The molecule has 0 radical (unpaired) electrons. The van der Waals surface area contributed by atoms with Gasteiger partial charge in [0.1, 0.15) is 0 Å². The van der Waals surface area contributed by atoms with Gasteiger partial charge in [-0.3, -0.25) is 0 Å². The predicted octanol–water partition coefficient (Wildman–Crippen LogP) is 8.51. The zero-order valence-electron chi connectivity index (χ0n) is 16.2. The van der Waals surface area contributed by atoms with Gasteiger partial charge >= 0.3 is 0 Å². The molecule has 0 unspecified atom stereocenters. The molecule has 0 amide bonds. The number of hydrogen-bond donors (Lipinski definition) is 0. The van der Waals surface area contributed by atoms with Crippen molar-refractivity contribution in [2.45, 2.75) is 123 Å². The molecule has 0 nitrogen and oxygen atoms in total. The Hall–Kier alpha value is 0.290. The van der Waals surface area contributed by atoms with E-state index in [2.05, 4.69) is 13.8 Å². The smallest absolute Gasteiger partial charge is 0.0223 e. The van der Waals surface area contributed by atoms with Gasteiger partial charge in [-0.2, -0.15) is 0 Å². The molecule has 0 aliphatic heterocycles. The Labute approximate surface area is 152 Å². The van der Waals surface area contributed by atoms with E-state index in [1.807, 2.05) is 0 Å². The molecule has 0 bridgehead atoms. The molecule has 0 saturated heterocycles. The molecule has 1 heteroatoms. The van der Waals surface area contributed by atoms with Crippen LogP contribution in [0.1, 0.15) is 123 Å². The Morgan fingerprint density at radius 1 is 0.652 bits per heavy atom. The van der Waals surface area contributed by atoms with Crippen LogP contribution in [0.4, 0.5) is 0 Å². The summed E-state index contributed by atoms with van der Waals surface area (Å²) in [4.78, 5) is 0. The van der Waals surface area contributed by atoms with Gasteiger partial charge in [0.05, 0.1) is 0 Å². The molecule has 0 aromatic rings. The third kappa shape index (κ3) is 10.7. The standard InChI is InChI=1S/C22H43Cl/c1-22(2,21-17-13-12-14-18-21)19-15-10-8-6-4-3-5-7-9-11-16-20-23/h21H,3-20H2,1-2H3. The average Bonchev–Trinajstić information content (AvgIpc) is 2.56. The molecule has 0 spiro atoms. The molecule has 1 aliphatic rings. The SMILES string of the molecule is CC(C)(CCCCCCCCCCCCCCl)C1CCCCC1. The van der Waals surface area contributed by atoms with Crippen LogP contribution < -0.4 is 0 Å². The van der Waals surface area contributed by atoms with E-state index in [9.17, 15) is 0 Å². The molecule has 0 aromatic heterocycles. The Morgan fingerprint density at radius 2 is 1.09 bits per heavy atom. The van der Waals surface area contributed by atoms with Crippen molar-refractivity contribution in [1.29, 1.82) is 0 Å². The van der Waals surface area contributed by atoms with E-state index >= 15 is 0 Å². The number of halogens is 1. The average molecular weight is 343 g/mol. The third-order valence-electron chi connectivity index (χ3n) is 6.17. The first-order valence-corrected chi connectivity index (χ1v) is 11.3. The largest absolute Gasteiger partial charge is 0.127 e. The van der Waals surface area contributed by atoms with Crippen LogP contribution >= 0.6 is 11.6 Å². The van der Waals surface area contributed by atoms with Gasteiger partial charge in [-0.05, 0) is 37.0 Å². The van der Waals surface area contributed by atoms with Crippen LogP contribution in [0.5, 0.6) is 0 Å². The van der Waals surface area contributed by atoms with Crippen LogP contribution in [0.15, 0.2) is 0 Å². The third-order valence-corrected chi connectivity index (χ3v) is 6.43. The second kappa shape index (κ2) is 13.6. The normalized spacial score (nSPS) is 16.8. The molecule has 138 valence electrons. The van der Waals surface area contributed by atoms with Crippen LogP contribution in [0.3, 0.4) is 0 Å². The number of rotatable bonds is 14. The zero-order chi connectivity index (χ0) is 16.8. The summed E-state index contributed by atoms with van der Waals surface area (Å²) in [6.07, 6.45) is 24.5. The lowest BCUT2D eigenvalue weighted by atomic mass is 9.69. The van der Waals surface area contributed by atoms with Crippen molar-refractivity contribution in [3.8, 4) is 0 Å². The Balaban J connectivity index is 1.87. The highest BCUT2D eigenvalue weighted by Crippen LogP contribution is 2.41. The summed E-state index contributed by atoms with van der Waals surface area (Å²) in [5.41, 5.74) is 0.601. The molecule has 0 heterocycles. The molecule has 1 rings (SSSR count). The minimum atomic E-state index is 0.601. The molecule has 1 saturated carbocycles. The van der Waals surface area contributed by atoms with Gasteiger partial charge in [-0.25, -0.2) is 0 Å². The first kappa shape index (κ1) is 21.3. The fraction of sp³-hybridized carbons (Fsp3) is 1.00. The van der Waals surface area contributed by atoms with Crippen molar-refractivity contribution < 1.29 is 0 Å². The fourth-order valence-electron chi connectivity index (χ4n) is 4.35. The maximum atomic E-state index is 5.70. The summed E-state index contributed by atoms with van der Waals surface area (Å²) in [5.74, 6) is 1.85. The number of hydrogen-bond acceptors (Lipinski definition) is 0. The topological polar surface area (TPSA) is 0 Å². The van der Waals surface area contributed by atoms with E-state index < -0.39 is 0 Å². The van der Waals surface area contributed by atoms with Crippen molar-refractivity contribution in [2.75, 3.05) is 5.88 Å². The maximum Gasteiger partial charge on any atom is 0.0223 e. The maximum absolute atomic E-state index is 5.70. The first-order chi connectivity index (χ1) is 11.2. The van der Waals surface area contributed by atoms with Crippen LogP contribution in [0.2, 0.25) is 0 Å². The van der Waals surface area contributed by atoms with Crippen LogP contribution in [0.25, 0.3) is 0 Å². The van der Waals surface area contributed by atoms with Crippen LogP contribution in [0, 0.1) is 11.3 Å². The lowest BCUT2D eigenvalue weighted by molar-refractivity contribution is 0.142. The fourth-order valence-corrected chi connectivity index (χ4v) is 4.54. The van der Waals surface area contributed by atoms with Gasteiger partial charge < -0.3 is 0 Å². The van der Waals surface area contributed by atoms with E-state index in [0.717, 1.165) is 11.8 Å². The quantitative estimate of drug-likeness (QED) is 0.219. The van der Waals surface area contributed by atoms with Gasteiger partial charge in [0.2, 0.25) is 0 Å². The van der Waals surface area contributed by atoms with Gasteiger partial charge in [-0.15, -0.1) is 11.6 Å². The summed E-state index contributed by atoms with van der Waals surface area (Å²) in [6, 6.07) is 0. The van der Waals surface area contributed by atoms with Crippen molar-refractivity contribution in [3.63, 3.8) is 0 Å². The lowest BCUT2D eigenvalue weighted by Gasteiger charge is -2.37. The van der Waals surface area contributed by atoms with E-state index in [1.54, 1.807) is 0 Å². The predicted molar refractivity (Wildman–Crippen MR) is 106 cm³/mol.